The van der Waals surface area contributed by atoms with Crippen molar-refractivity contribution >= 4 is 17.7 Å². The lowest BCUT2D eigenvalue weighted by Crippen LogP contribution is -2.34. The second-order valence-corrected chi connectivity index (χ2v) is 4.01. The van der Waals surface area contributed by atoms with E-state index in [0.717, 1.165) is 0 Å². The first-order valence-electron chi connectivity index (χ1n) is 6.39. The zero-order valence-corrected chi connectivity index (χ0v) is 12.2. The molecule has 1 aromatic rings. The molecule has 0 spiro atoms. The van der Waals surface area contributed by atoms with E-state index in [9.17, 15) is 9.59 Å². The maximum atomic E-state index is 11.9. The van der Waals surface area contributed by atoms with Gasteiger partial charge >= 0.3 is 12.0 Å². The number of carbonyl (C=O) groups excluding carboxylic acids is 2. The Bertz CT molecular complexity index is 484. The topological polar surface area (TPSA) is 67.9 Å². The van der Waals surface area contributed by atoms with Gasteiger partial charge in [-0.25, -0.2) is 9.59 Å². The summed E-state index contributed by atoms with van der Waals surface area (Å²) in [6.45, 7) is 5.03. The summed E-state index contributed by atoms with van der Waals surface area (Å²) in [4.78, 5) is 25.2. The number of esters is 1. The lowest BCUT2D eigenvalue weighted by molar-refractivity contribution is 0.0597. The Kier molecular flexibility index (Phi) is 5.83. The van der Waals surface area contributed by atoms with Gasteiger partial charge in [0.1, 0.15) is 11.3 Å². The van der Waals surface area contributed by atoms with Crippen LogP contribution < -0.4 is 10.1 Å². The van der Waals surface area contributed by atoms with E-state index in [1.807, 2.05) is 13.8 Å². The van der Waals surface area contributed by atoms with Crippen LogP contribution in [0.1, 0.15) is 24.2 Å². The minimum absolute atomic E-state index is 0.212. The SMILES string of the molecule is CCN(CC)C(=O)Nc1ccc(OC)c(C(=O)OC)c1. The highest BCUT2D eigenvalue weighted by molar-refractivity contribution is 5.96. The molecule has 0 atom stereocenters. The molecule has 0 saturated carbocycles. The minimum atomic E-state index is -0.513. The summed E-state index contributed by atoms with van der Waals surface area (Å²) in [6.07, 6.45) is 0. The highest BCUT2D eigenvalue weighted by atomic mass is 16.5. The van der Waals surface area contributed by atoms with Crippen molar-refractivity contribution in [2.24, 2.45) is 0 Å². The molecule has 0 fully saturated rings. The van der Waals surface area contributed by atoms with Crippen LogP contribution in [0.15, 0.2) is 18.2 Å². The number of hydrogen-bond acceptors (Lipinski definition) is 4. The summed E-state index contributed by atoms with van der Waals surface area (Å²) in [5.74, 6) is -0.113. The Morgan fingerprint density at radius 1 is 1.20 bits per heavy atom. The average molecular weight is 280 g/mol. The van der Waals surface area contributed by atoms with Crippen LogP contribution >= 0.6 is 0 Å². The first-order chi connectivity index (χ1) is 9.57. The number of methoxy groups -OCH3 is 2. The smallest absolute Gasteiger partial charge is 0.341 e. The van der Waals surface area contributed by atoms with Gasteiger partial charge in [-0.2, -0.15) is 0 Å². The molecule has 0 heterocycles. The summed E-state index contributed by atoms with van der Waals surface area (Å²) in [5, 5.41) is 2.74. The molecule has 6 nitrogen and oxygen atoms in total. The van der Waals surface area contributed by atoms with Crippen LogP contribution in [0.3, 0.4) is 0 Å². The lowest BCUT2D eigenvalue weighted by atomic mass is 10.1. The highest BCUT2D eigenvalue weighted by Gasteiger charge is 2.15. The van der Waals surface area contributed by atoms with Gasteiger partial charge in [0, 0.05) is 18.8 Å². The molecule has 0 aromatic heterocycles. The fourth-order valence-corrected chi connectivity index (χ4v) is 1.77. The fraction of sp³-hybridized carbons (Fsp3) is 0.429. The quantitative estimate of drug-likeness (QED) is 0.841. The summed E-state index contributed by atoms with van der Waals surface area (Å²) in [7, 11) is 2.76. The molecule has 0 saturated heterocycles. The van der Waals surface area contributed by atoms with Crippen molar-refractivity contribution in [2.75, 3.05) is 32.6 Å². The van der Waals surface area contributed by atoms with Gasteiger partial charge < -0.3 is 19.7 Å². The third-order valence-electron chi connectivity index (χ3n) is 2.91. The Balaban J connectivity index is 2.97. The standard InChI is InChI=1S/C14H20N2O4/c1-5-16(6-2)14(18)15-10-7-8-12(19-3)11(9-10)13(17)20-4/h7-9H,5-6H2,1-4H3,(H,15,18). The first kappa shape index (κ1) is 15.8. The van der Waals surface area contributed by atoms with Crippen LogP contribution in [0, 0.1) is 0 Å². The second-order valence-electron chi connectivity index (χ2n) is 4.01. The van der Waals surface area contributed by atoms with Crippen molar-refractivity contribution in [3.63, 3.8) is 0 Å². The molecular formula is C14H20N2O4. The molecule has 1 aromatic carbocycles. The van der Waals surface area contributed by atoms with Gasteiger partial charge in [-0.1, -0.05) is 0 Å². The zero-order valence-electron chi connectivity index (χ0n) is 12.2. The number of rotatable bonds is 5. The normalized spacial score (nSPS) is 9.80. The first-order valence-corrected chi connectivity index (χ1v) is 6.39. The van der Waals surface area contributed by atoms with Crippen LogP contribution in [0.25, 0.3) is 0 Å². The van der Waals surface area contributed by atoms with Gasteiger partial charge in [-0.15, -0.1) is 0 Å². The predicted molar refractivity (Wildman–Crippen MR) is 76.3 cm³/mol. The number of nitrogens with zero attached hydrogens (tertiary/aromatic N) is 1. The van der Waals surface area contributed by atoms with E-state index < -0.39 is 5.97 Å². The van der Waals surface area contributed by atoms with E-state index in [1.54, 1.807) is 17.0 Å². The molecule has 0 unspecified atom stereocenters. The van der Waals surface area contributed by atoms with Gasteiger partial charge in [0.05, 0.1) is 14.2 Å². The Morgan fingerprint density at radius 2 is 1.85 bits per heavy atom. The Morgan fingerprint density at radius 3 is 2.35 bits per heavy atom. The van der Waals surface area contributed by atoms with E-state index in [1.165, 1.54) is 20.3 Å². The second kappa shape index (κ2) is 7.37. The number of benzene rings is 1. The summed E-state index contributed by atoms with van der Waals surface area (Å²) < 4.78 is 9.78. The van der Waals surface area contributed by atoms with E-state index >= 15 is 0 Å². The molecule has 0 aliphatic rings. The molecule has 2 amide bonds. The zero-order chi connectivity index (χ0) is 15.1. The van der Waals surface area contributed by atoms with Gasteiger partial charge in [0.25, 0.3) is 0 Å². The maximum Gasteiger partial charge on any atom is 0.341 e. The van der Waals surface area contributed by atoms with E-state index in [2.05, 4.69) is 10.1 Å². The van der Waals surface area contributed by atoms with Gasteiger partial charge in [0.15, 0.2) is 0 Å². The predicted octanol–water partition coefficient (Wildman–Crippen LogP) is 2.36. The van der Waals surface area contributed by atoms with Crippen molar-refractivity contribution in [3.05, 3.63) is 23.8 Å². The minimum Gasteiger partial charge on any atom is -0.496 e. The molecule has 110 valence electrons. The van der Waals surface area contributed by atoms with Crippen LogP contribution in [-0.2, 0) is 4.74 Å². The molecule has 1 rings (SSSR count). The number of hydrogen-bond donors (Lipinski definition) is 1. The van der Waals surface area contributed by atoms with Gasteiger partial charge in [0.2, 0.25) is 0 Å². The lowest BCUT2D eigenvalue weighted by Gasteiger charge is -2.19. The van der Waals surface area contributed by atoms with Crippen LogP contribution in [-0.4, -0.2) is 44.2 Å². The third kappa shape index (κ3) is 3.63. The third-order valence-corrected chi connectivity index (χ3v) is 2.91. The molecule has 0 bridgehead atoms. The fourth-order valence-electron chi connectivity index (χ4n) is 1.77. The summed E-state index contributed by atoms with van der Waals surface area (Å²) >= 11 is 0. The number of anilines is 1. The number of ether oxygens (including phenoxy) is 2. The molecule has 0 radical (unpaired) electrons. The van der Waals surface area contributed by atoms with E-state index in [-0.39, 0.29) is 11.6 Å². The number of carbonyl (C=O) groups is 2. The van der Waals surface area contributed by atoms with Crippen molar-refractivity contribution in [1.82, 2.24) is 4.90 Å². The summed E-state index contributed by atoms with van der Waals surface area (Å²) in [5.41, 5.74) is 0.787. The molecule has 6 heteroatoms. The average Bonchev–Trinajstić information content (AvgIpc) is 2.47. The van der Waals surface area contributed by atoms with Gasteiger partial charge in [-0.05, 0) is 32.0 Å². The van der Waals surface area contributed by atoms with Crippen molar-refractivity contribution in [2.45, 2.75) is 13.8 Å². The monoisotopic (exact) mass is 280 g/mol. The largest absolute Gasteiger partial charge is 0.496 e. The molecule has 1 N–H and O–H groups in total. The Labute approximate surface area is 118 Å². The van der Waals surface area contributed by atoms with Crippen LogP contribution in [0.5, 0.6) is 5.75 Å². The number of amides is 2. The number of nitrogens with one attached hydrogen (secondary N) is 1. The van der Waals surface area contributed by atoms with Crippen molar-refractivity contribution in [3.8, 4) is 5.75 Å². The molecule has 0 aliphatic heterocycles. The number of urea groups is 1. The molecule has 20 heavy (non-hydrogen) atoms. The summed E-state index contributed by atoms with van der Waals surface area (Å²) in [6, 6.07) is 4.61. The Hall–Kier alpha value is -2.24. The van der Waals surface area contributed by atoms with Crippen molar-refractivity contribution in [1.29, 1.82) is 0 Å². The van der Waals surface area contributed by atoms with Crippen LogP contribution in [0.4, 0.5) is 10.5 Å². The molecule has 0 aliphatic carbocycles. The molecular weight excluding hydrogens is 260 g/mol. The van der Waals surface area contributed by atoms with E-state index in [0.29, 0.717) is 24.5 Å². The van der Waals surface area contributed by atoms with Gasteiger partial charge in [-0.3, -0.25) is 0 Å². The highest BCUT2D eigenvalue weighted by Crippen LogP contribution is 2.23. The van der Waals surface area contributed by atoms with Crippen LogP contribution in [0.2, 0.25) is 0 Å². The van der Waals surface area contributed by atoms with Crippen molar-refractivity contribution < 1.29 is 19.1 Å². The van der Waals surface area contributed by atoms with E-state index in [4.69, 9.17) is 4.74 Å². The maximum absolute atomic E-state index is 11.9.